The third-order valence-corrected chi connectivity index (χ3v) is 4.57. The minimum absolute atomic E-state index is 0.0288. The predicted molar refractivity (Wildman–Crippen MR) is 87.9 cm³/mol. The molecule has 3 aromatic heterocycles. The number of fused-ring (bicyclic) bond motifs is 3. The van der Waals surface area contributed by atoms with E-state index in [0.29, 0.717) is 5.92 Å². The van der Waals surface area contributed by atoms with Crippen LogP contribution in [0.3, 0.4) is 0 Å². The third kappa shape index (κ3) is 2.57. The number of hydrogen-bond acceptors (Lipinski definition) is 4. The second-order valence-corrected chi connectivity index (χ2v) is 6.15. The Balaban J connectivity index is 1.77. The molecule has 23 heavy (non-hydrogen) atoms. The number of hydrogen-bond donors (Lipinski definition) is 4. The molecule has 120 valence electrons. The van der Waals surface area contributed by atoms with Gasteiger partial charge in [-0.1, -0.05) is 0 Å². The molecule has 0 saturated carbocycles. The number of aromatic amines is 2. The van der Waals surface area contributed by atoms with Crippen LogP contribution in [0.1, 0.15) is 31.6 Å². The summed E-state index contributed by atoms with van der Waals surface area (Å²) in [6, 6.07) is 1.90. The lowest BCUT2D eigenvalue weighted by Gasteiger charge is -2.29. The molecule has 1 amide bonds. The van der Waals surface area contributed by atoms with Crippen molar-refractivity contribution in [1.29, 1.82) is 0 Å². The van der Waals surface area contributed by atoms with Gasteiger partial charge in [-0.3, -0.25) is 4.79 Å². The van der Waals surface area contributed by atoms with Crippen LogP contribution in [0.25, 0.3) is 22.1 Å². The van der Waals surface area contributed by atoms with E-state index in [-0.39, 0.29) is 11.9 Å². The zero-order valence-corrected chi connectivity index (χ0v) is 13.0. The molecule has 4 rings (SSSR count). The van der Waals surface area contributed by atoms with E-state index in [1.165, 1.54) is 0 Å². The Morgan fingerprint density at radius 3 is 3.00 bits per heavy atom. The quantitative estimate of drug-likeness (QED) is 0.590. The van der Waals surface area contributed by atoms with Crippen LogP contribution in [0.2, 0.25) is 0 Å². The van der Waals surface area contributed by atoms with Gasteiger partial charge >= 0.3 is 0 Å². The van der Waals surface area contributed by atoms with Gasteiger partial charge in [0.15, 0.2) is 0 Å². The van der Waals surface area contributed by atoms with Crippen molar-refractivity contribution >= 4 is 28.0 Å². The number of nitrogens with one attached hydrogen (secondary N) is 4. The molecule has 4 heterocycles. The lowest BCUT2D eigenvalue weighted by Crippen LogP contribution is -2.38. The summed E-state index contributed by atoms with van der Waals surface area (Å²) in [7, 11) is 0. The molecule has 0 aliphatic carbocycles. The number of imidazole rings is 1. The van der Waals surface area contributed by atoms with E-state index < -0.39 is 0 Å². The highest BCUT2D eigenvalue weighted by Gasteiger charge is 2.28. The Labute approximate surface area is 133 Å². The van der Waals surface area contributed by atoms with Crippen molar-refractivity contribution in [2.24, 2.45) is 5.92 Å². The number of rotatable bonds is 3. The average molecular weight is 312 g/mol. The highest BCUT2D eigenvalue weighted by Crippen LogP contribution is 2.30. The average Bonchev–Trinajstić information content (AvgIpc) is 3.18. The van der Waals surface area contributed by atoms with Gasteiger partial charge in [-0.2, -0.15) is 0 Å². The topological polar surface area (TPSA) is 98.5 Å². The van der Waals surface area contributed by atoms with Crippen molar-refractivity contribution in [2.45, 2.75) is 25.8 Å². The smallest absolute Gasteiger partial charge is 0.217 e. The molecule has 0 aromatic carbocycles. The molecule has 1 aliphatic heterocycles. The van der Waals surface area contributed by atoms with Crippen LogP contribution in [-0.4, -0.2) is 38.9 Å². The maximum atomic E-state index is 11.7. The fourth-order valence-corrected chi connectivity index (χ4v) is 3.45. The molecule has 1 atom stereocenters. The van der Waals surface area contributed by atoms with Crippen LogP contribution in [-0.2, 0) is 4.79 Å². The molecular formula is C16H20N6O. The SMILES string of the molecule is CC(=O)NC(c1nc2cnc3[nH]ccc3c2[nH]1)C1CCNCC1. The summed E-state index contributed by atoms with van der Waals surface area (Å²) in [5, 5.41) is 7.47. The summed E-state index contributed by atoms with van der Waals surface area (Å²) in [6.07, 6.45) is 5.69. The molecule has 0 radical (unpaired) electrons. The summed E-state index contributed by atoms with van der Waals surface area (Å²) in [5.74, 6) is 1.17. The van der Waals surface area contributed by atoms with Gasteiger partial charge < -0.3 is 20.6 Å². The van der Waals surface area contributed by atoms with E-state index in [1.54, 1.807) is 13.1 Å². The van der Waals surface area contributed by atoms with Crippen LogP contribution >= 0.6 is 0 Å². The molecule has 0 spiro atoms. The summed E-state index contributed by atoms with van der Waals surface area (Å²) in [4.78, 5) is 27.3. The molecule has 1 aliphatic rings. The molecule has 1 fully saturated rings. The first-order valence-electron chi connectivity index (χ1n) is 8.02. The number of H-pyrrole nitrogens is 2. The van der Waals surface area contributed by atoms with Gasteiger partial charge in [0.2, 0.25) is 5.91 Å². The van der Waals surface area contributed by atoms with Crippen molar-refractivity contribution in [3.8, 4) is 0 Å². The van der Waals surface area contributed by atoms with E-state index in [1.807, 2.05) is 12.3 Å². The Hall–Kier alpha value is -2.41. The van der Waals surface area contributed by atoms with Crippen LogP contribution in [0.5, 0.6) is 0 Å². The Morgan fingerprint density at radius 1 is 1.39 bits per heavy atom. The van der Waals surface area contributed by atoms with Gasteiger partial charge in [0.25, 0.3) is 0 Å². The molecule has 3 aromatic rings. The number of pyridine rings is 1. The van der Waals surface area contributed by atoms with Gasteiger partial charge in [-0.25, -0.2) is 9.97 Å². The van der Waals surface area contributed by atoms with Crippen LogP contribution in [0.15, 0.2) is 18.5 Å². The van der Waals surface area contributed by atoms with Crippen molar-refractivity contribution in [1.82, 2.24) is 30.6 Å². The normalized spacial score (nSPS) is 17.6. The van der Waals surface area contributed by atoms with Crippen molar-refractivity contribution in [3.63, 3.8) is 0 Å². The fraction of sp³-hybridized carbons (Fsp3) is 0.438. The molecule has 1 unspecified atom stereocenters. The van der Waals surface area contributed by atoms with E-state index >= 15 is 0 Å². The second-order valence-electron chi connectivity index (χ2n) is 6.15. The van der Waals surface area contributed by atoms with Crippen LogP contribution < -0.4 is 10.6 Å². The van der Waals surface area contributed by atoms with Gasteiger partial charge in [-0.05, 0) is 37.9 Å². The van der Waals surface area contributed by atoms with Crippen LogP contribution in [0, 0.1) is 5.92 Å². The molecular weight excluding hydrogens is 292 g/mol. The molecule has 0 bridgehead atoms. The minimum atomic E-state index is -0.0870. The van der Waals surface area contributed by atoms with E-state index in [4.69, 9.17) is 4.98 Å². The molecule has 4 N–H and O–H groups in total. The Bertz CT molecular complexity index is 845. The highest BCUT2D eigenvalue weighted by molar-refractivity contribution is 6.00. The molecule has 7 heteroatoms. The summed E-state index contributed by atoms with van der Waals surface area (Å²) in [5.41, 5.74) is 2.64. The number of amides is 1. The highest BCUT2D eigenvalue weighted by atomic mass is 16.1. The standard InChI is InChI=1S/C16H20N6O/c1-9(23)20-13(10-2-5-17-6-3-10)16-21-12-8-19-15-11(4-7-18-15)14(12)22-16/h4,7-8,10,13,17H,2-3,5-6H2,1H3,(H,18,19)(H,20,23)(H,21,22). The van der Waals surface area contributed by atoms with E-state index in [0.717, 1.165) is 53.8 Å². The predicted octanol–water partition coefficient (Wildman–Crippen LogP) is 1.62. The zero-order chi connectivity index (χ0) is 15.8. The number of nitrogens with zero attached hydrogens (tertiary/aromatic N) is 2. The largest absolute Gasteiger partial charge is 0.346 e. The Morgan fingerprint density at radius 2 is 2.22 bits per heavy atom. The monoisotopic (exact) mass is 312 g/mol. The minimum Gasteiger partial charge on any atom is -0.346 e. The lowest BCUT2D eigenvalue weighted by atomic mass is 9.89. The van der Waals surface area contributed by atoms with Crippen LogP contribution in [0.4, 0.5) is 0 Å². The summed E-state index contributed by atoms with van der Waals surface area (Å²) in [6.45, 7) is 3.51. The number of carbonyl (C=O) groups is 1. The van der Waals surface area contributed by atoms with Gasteiger partial charge in [0.05, 0.1) is 17.8 Å². The second kappa shape index (κ2) is 5.66. The molecule has 1 saturated heterocycles. The lowest BCUT2D eigenvalue weighted by molar-refractivity contribution is -0.120. The first kappa shape index (κ1) is 14.2. The van der Waals surface area contributed by atoms with E-state index in [9.17, 15) is 4.79 Å². The maximum Gasteiger partial charge on any atom is 0.217 e. The van der Waals surface area contributed by atoms with Gasteiger partial charge in [0, 0.05) is 18.5 Å². The first-order chi connectivity index (χ1) is 11.2. The van der Waals surface area contributed by atoms with Gasteiger partial charge in [-0.15, -0.1) is 0 Å². The maximum absolute atomic E-state index is 11.7. The Kier molecular flexibility index (Phi) is 3.49. The summed E-state index contributed by atoms with van der Waals surface area (Å²) >= 11 is 0. The number of piperidine rings is 1. The third-order valence-electron chi connectivity index (χ3n) is 4.57. The number of carbonyl (C=O) groups excluding carboxylic acids is 1. The van der Waals surface area contributed by atoms with E-state index in [2.05, 4.69) is 25.6 Å². The van der Waals surface area contributed by atoms with Crippen molar-refractivity contribution in [3.05, 3.63) is 24.3 Å². The first-order valence-corrected chi connectivity index (χ1v) is 8.02. The zero-order valence-electron chi connectivity index (χ0n) is 13.0. The van der Waals surface area contributed by atoms with Crippen molar-refractivity contribution < 1.29 is 4.79 Å². The molecule has 7 nitrogen and oxygen atoms in total. The summed E-state index contributed by atoms with van der Waals surface area (Å²) < 4.78 is 0. The fourth-order valence-electron chi connectivity index (χ4n) is 3.45. The number of aromatic nitrogens is 4. The van der Waals surface area contributed by atoms with Gasteiger partial charge in [0.1, 0.15) is 17.0 Å². The van der Waals surface area contributed by atoms with Crippen molar-refractivity contribution in [2.75, 3.05) is 13.1 Å².